The number of thioether (sulfide) groups is 1. The van der Waals surface area contributed by atoms with E-state index in [-0.39, 0.29) is 0 Å². The molecule has 4 heteroatoms. The minimum absolute atomic E-state index is 0.621. The van der Waals surface area contributed by atoms with Gasteiger partial charge in [-0.1, -0.05) is 17.7 Å². The molecule has 0 radical (unpaired) electrons. The average Bonchev–Trinajstić information content (AvgIpc) is 2.19. The van der Waals surface area contributed by atoms with Crippen LogP contribution in [-0.4, -0.2) is 28.8 Å². The largest absolute Gasteiger partial charge is 0.305 e. The molecule has 0 aliphatic heterocycles. The monoisotopic (exact) mass is 193 g/mol. The van der Waals surface area contributed by atoms with Crippen LogP contribution in [0.1, 0.15) is 0 Å². The van der Waals surface area contributed by atoms with Gasteiger partial charge in [-0.15, -0.1) is 6.42 Å². The van der Waals surface area contributed by atoms with Gasteiger partial charge in [-0.2, -0.15) is 0 Å². The number of rotatable bonds is 5. The van der Waals surface area contributed by atoms with Crippen molar-refractivity contribution in [3.8, 4) is 12.3 Å². The van der Waals surface area contributed by atoms with Gasteiger partial charge in [0.15, 0.2) is 5.16 Å². The van der Waals surface area contributed by atoms with Gasteiger partial charge in [0.2, 0.25) is 0 Å². The zero-order valence-corrected chi connectivity index (χ0v) is 8.05. The second-order valence-electron chi connectivity index (χ2n) is 2.26. The maximum Gasteiger partial charge on any atom is 0.187 e. The van der Waals surface area contributed by atoms with Crippen LogP contribution >= 0.6 is 11.8 Å². The van der Waals surface area contributed by atoms with Crippen molar-refractivity contribution >= 4 is 11.8 Å². The topological polar surface area (TPSA) is 37.8 Å². The zero-order chi connectivity index (χ0) is 9.36. The van der Waals surface area contributed by atoms with Crippen molar-refractivity contribution < 1.29 is 0 Å². The van der Waals surface area contributed by atoms with Crippen molar-refractivity contribution in [1.82, 2.24) is 15.3 Å². The van der Waals surface area contributed by atoms with E-state index in [1.54, 1.807) is 30.2 Å². The second-order valence-corrected chi connectivity index (χ2v) is 3.32. The summed E-state index contributed by atoms with van der Waals surface area (Å²) < 4.78 is 0. The van der Waals surface area contributed by atoms with Crippen molar-refractivity contribution in [1.29, 1.82) is 0 Å². The van der Waals surface area contributed by atoms with E-state index in [2.05, 4.69) is 21.2 Å². The van der Waals surface area contributed by atoms with Gasteiger partial charge in [-0.25, -0.2) is 9.97 Å². The predicted octanol–water partition coefficient (Wildman–Crippen LogP) is 0.792. The van der Waals surface area contributed by atoms with E-state index in [1.165, 1.54) is 0 Å². The Bertz CT molecular complexity index is 268. The van der Waals surface area contributed by atoms with Crippen LogP contribution in [0, 0.1) is 12.3 Å². The molecule has 0 atom stereocenters. The van der Waals surface area contributed by atoms with Crippen LogP contribution in [0.3, 0.4) is 0 Å². The van der Waals surface area contributed by atoms with Crippen molar-refractivity contribution in [3.05, 3.63) is 18.5 Å². The van der Waals surface area contributed by atoms with Crippen molar-refractivity contribution in [2.75, 3.05) is 18.8 Å². The molecule has 1 aromatic heterocycles. The number of aromatic nitrogens is 2. The smallest absolute Gasteiger partial charge is 0.187 e. The fraction of sp³-hybridized carbons (Fsp3) is 0.333. The quantitative estimate of drug-likeness (QED) is 0.325. The first kappa shape index (κ1) is 10.0. The van der Waals surface area contributed by atoms with Crippen LogP contribution in [0.5, 0.6) is 0 Å². The second kappa shape index (κ2) is 6.46. The lowest BCUT2D eigenvalue weighted by molar-refractivity contribution is 0.816. The molecule has 68 valence electrons. The van der Waals surface area contributed by atoms with Gasteiger partial charge in [-0.05, 0) is 6.07 Å². The fourth-order valence-electron chi connectivity index (χ4n) is 0.735. The molecule has 0 unspecified atom stereocenters. The van der Waals surface area contributed by atoms with E-state index >= 15 is 0 Å². The summed E-state index contributed by atoms with van der Waals surface area (Å²) in [7, 11) is 0. The molecule has 0 amide bonds. The van der Waals surface area contributed by atoms with Gasteiger partial charge in [0.1, 0.15) is 0 Å². The lowest BCUT2D eigenvalue weighted by atomic mass is 10.6. The van der Waals surface area contributed by atoms with E-state index in [1.807, 2.05) is 0 Å². The van der Waals surface area contributed by atoms with E-state index in [9.17, 15) is 0 Å². The van der Waals surface area contributed by atoms with Crippen LogP contribution < -0.4 is 5.32 Å². The van der Waals surface area contributed by atoms with Crippen LogP contribution in [0.25, 0.3) is 0 Å². The van der Waals surface area contributed by atoms with Gasteiger partial charge >= 0.3 is 0 Å². The number of hydrogen-bond donors (Lipinski definition) is 1. The summed E-state index contributed by atoms with van der Waals surface area (Å²) in [6, 6.07) is 1.81. The molecule has 3 nitrogen and oxygen atoms in total. The molecule has 0 spiro atoms. The van der Waals surface area contributed by atoms with Crippen LogP contribution in [0.15, 0.2) is 23.6 Å². The highest BCUT2D eigenvalue weighted by atomic mass is 32.2. The van der Waals surface area contributed by atoms with Crippen molar-refractivity contribution in [2.24, 2.45) is 0 Å². The summed E-state index contributed by atoms with van der Waals surface area (Å²) in [4.78, 5) is 8.16. The Hall–Kier alpha value is -1.05. The Kier molecular flexibility index (Phi) is 4.99. The molecular formula is C9H11N3S. The predicted molar refractivity (Wildman–Crippen MR) is 54.5 cm³/mol. The molecular weight excluding hydrogens is 182 g/mol. The molecule has 1 N–H and O–H groups in total. The highest BCUT2D eigenvalue weighted by Gasteiger charge is 1.93. The van der Waals surface area contributed by atoms with E-state index in [4.69, 9.17) is 6.42 Å². The average molecular weight is 193 g/mol. The van der Waals surface area contributed by atoms with Crippen molar-refractivity contribution in [2.45, 2.75) is 5.16 Å². The first-order chi connectivity index (χ1) is 6.43. The first-order valence-corrected chi connectivity index (χ1v) is 4.96. The van der Waals surface area contributed by atoms with Gasteiger partial charge in [-0.3, -0.25) is 0 Å². The summed E-state index contributed by atoms with van der Waals surface area (Å²) in [6.45, 7) is 1.50. The minimum Gasteiger partial charge on any atom is -0.305 e. The molecule has 0 saturated heterocycles. The molecule has 1 aromatic rings. The third-order valence-electron chi connectivity index (χ3n) is 1.28. The van der Waals surface area contributed by atoms with Crippen LogP contribution in [0.2, 0.25) is 0 Å². The van der Waals surface area contributed by atoms with E-state index in [0.717, 1.165) is 17.5 Å². The Labute approximate surface area is 82.4 Å². The lowest BCUT2D eigenvalue weighted by Gasteiger charge is -1.99. The lowest BCUT2D eigenvalue weighted by Crippen LogP contribution is -2.17. The van der Waals surface area contributed by atoms with Gasteiger partial charge in [0.05, 0.1) is 6.54 Å². The normalized spacial score (nSPS) is 9.46. The number of nitrogens with zero attached hydrogens (tertiary/aromatic N) is 2. The highest BCUT2D eigenvalue weighted by molar-refractivity contribution is 7.99. The minimum atomic E-state index is 0.621. The summed E-state index contributed by atoms with van der Waals surface area (Å²) >= 11 is 1.62. The Balaban J connectivity index is 2.11. The van der Waals surface area contributed by atoms with Gasteiger partial charge in [0, 0.05) is 24.7 Å². The van der Waals surface area contributed by atoms with Crippen LogP contribution in [-0.2, 0) is 0 Å². The van der Waals surface area contributed by atoms with Crippen LogP contribution in [0.4, 0.5) is 0 Å². The third-order valence-corrected chi connectivity index (χ3v) is 2.16. The molecule has 1 heterocycles. The molecule has 0 fully saturated rings. The number of terminal acetylenes is 1. The maximum atomic E-state index is 5.08. The Morgan fingerprint density at radius 1 is 1.46 bits per heavy atom. The maximum absolute atomic E-state index is 5.08. The number of nitrogens with one attached hydrogen (secondary N) is 1. The van der Waals surface area contributed by atoms with Crippen molar-refractivity contribution in [3.63, 3.8) is 0 Å². The standard InChI is InChI=1S/C9H11N3S/c1-2-4-10-7-8-13-9-11-5-3-6-12-9/h1,3,5-6,10H,4,7-8H2. The fourth-order valence-corrected chi connectivity index (χ4v) is 1.43. The molecule has 0 bridgehead atoms. The van der Waals surface area contributed by atoms with E-state index < -0.39 is 0 Å². The molecule has 0 saturated carbocycles. The summed E-state index contributed by atoms with van der Waals surface area (Å²) in [5.74, 6) is 3.45. The highest BCUT2D eigenvalue weighted by Crippen LogP contribution is 2.08. The molecule has 0 aliphatic rings. The molecule has 0 aromatic carbocycles. The van der Waals surface area contributed by atoms with E-state index in [0.29, 0.717) is 6.54 Å². The zero-order valence-electron chi connectivity index (χ0n) is 7.23. The molecule has 1 rings (SSSR count). The Morgan fingerprint density at radius 3 is 2.92 bits per heavy atom. The molecule has 13 heavy (non-hydrogen) atoms. The summed E-state index contributed by atoms with van der Waals surface area (Å²) in [5, 5.41) is 3.90. The number of hydrogen-bond acceptors (Lipinski definition) is 4. The summed E-state index contributed by atoms with van der Waals surface area (Å²) in [6.07, 6.45) is 8.56. The van der Waals surface area contributed by atoms with Gasteiger partial charge in [0.25, 0.3) is 0 Å². The van der Waals surface area contributed by atoms with Gasteiger partial charge < -0.3 is 5.32 Å². The summed E-state index contributed by atoms with van der Waals surface area (Å²) in [5.41, 5.74) is 0. The third kappa shape index (κ3) is 4.51. The Morgan fingerprint density at radius 2 is 2.23 bits per heavy atom. The first-order valence-electron chi connectivity index (χ1n) is 3.97. The SMILES string of the molecule is C#CCNCCSc1ncccn1. The molecule has 0 aliphatic carbocycles.